The summed E-state index contributed by atoms with van der Waals surface area (Å²) >= 11 is 6.04. The zero-order chi connectivity index (χ0) is 12.3. The topological polar surface area (TPSA) is 55.1 Å². The van der Waals surface area contributed by atoms with Crippen molar-refractivity contribution in [2.75, 3.05) is 0 Å². The van der Waals surface area contributed by atoms with Crippen molar-refractivity contribution >= 4 is 23.6 Å². The number of halogens is 1. The highest BCUT2D eigenvalue weighted by molar-refractivity contribution is 6.32. The molecule has 0 unspecified atom stereocenters. The molecule has 5 heteroatoms. The van der Waals surface area contributed by atoms with E-state index < -0.39 is 5.97 Å². The number of aliphatic carboxylic acids is 1. The molecular formula is C12H9ClN2O2. The Kier molecular flexibility index (Phi) is 3.25. The van der Waals surface area contributed by atoms with E-state index in [1.807, 2.05) is 12.1 Å². The van der Waals surface area contributed by atoms with Gasteiger partial charge in [0.2, 0.25) is 0 Å². The molecule has 1 N–H and O–H groups in total. The Hall–Kier alpha value is -2.07. The van der Waals surface area contributed by atoms with Gasteiger partial charge < -0.3 is 5.11 Å². The minimum atomic E-state index is -1.00. The predicted molar refractivity (Wildman–Crippen MR) is 65.2 cm³/mol. The zero-order valence-electron chi connectivity index (χ0n) is 8.75. The summed E-state index contributed by atoms with van der Waals surface area (Å²) in [6.07, 6.45) is 5.98. The summed E-state index contributed by atoms with van der Waals surface area (Å²) in [6.45, 7) is 0. The van der Waals surface area contributed by atoms with Crippen molar-refractivity contribution in [1.29, 1.82) is 0 Å². The summed E-state index contributed by atoms with van der Waals surface area (Å²) in [5, 5.41) is 13.1. The van der Waals surface area contributed by atoms with E-state index in [1.54, 1.807) is 29.2 Å². The summed E-state index contributed by atoms with van der Waals surface area (Å²) in [7, 11) is 0. The Morgan fingerprint density at radius 3 is 2.88 bits per heavy atom. The first-order chi connectivity index (χ1) is 8.16. The fourth-order valence-electron chi connectivity index (χ4n) is 1.38. The van der Waals surface area contributed by atoms with Gasteiger partial charge in [0, 0.05) is 23.5 Å². The number of aromatic nitrogens is 2. The van der Waals surface area contributed by atoms with Gasteiger partial charge in [-0.05, 0) is 29.8 Å². The highest BCUT2D eigenvalue weighted by Crippen LogP contribution is 2.21. The third kappa shape index (κ3) is 2.73. The summed E-state index contributed by atoms with van der Waals surface area (Å²) in [4.78, 5) is 10.4. The minimum Gasteiger partial charge on any atom is -0.478 e. The molecule has 2 aromatic rings. The molecule has 1 aromatic carbocycles. The lowest BCUT2D eigenvalue weighted by Crippen LogP contribution is -1.94. The molecule has 0 amide bonds. The Morgan fingerprint density at radius 1 is 1.47 bits per heavy atom. The van der Waals surface area contributed by atoms with Crippen LogP contribution in [0.25, 0.3) is 11.8 Å². The maximum atomic E-state index is 10.4. The minimum absolute atomic E-state index is 0.482. The number of hydrogen-bond donors (Lipinski definition) is 1. The second-order valence-corrected chi connectivity index (χ2v) is 3.74. The van der Waals surface area contributed by atoms with E-state index in [0.29, 0.717) is 10.6 Å². The molecule has 17 heavy (non-hydrogen) atoms. The predicted octanol–water partition coefficient (Wildman–Crippen LogP) is 2.62. The van der Waals surface area contributed by atoms with Crippen LogP contribution in [0.5, 0.6) is 0 Å². The lowest BCUT2D eigenvalue weighted by atomic mass is 10.2. The van der Waals surface area contributed by atoms with Gasteiger partial charge in [-0.3, -0.25) is 0 Å². The molecule has 0 saturated carbocycles. The molecule has 1 aromatic heterocycles. The first-order valence-electron chi connectivity index (χ1n) is 4.87. The van der Waals surface area contributed by atoms with Gasteiger partial charge in [-0.2, -0.15) is 5.10 Å². The van der Waals surface area contributed by atoms with E-state index in [2.05, 4.69) is 5.10 Å². The number of rotatable bonds is 3. The number of hydrogen-bond acceptors (Lipinski definition) is 2. The number of carbonyl (C=O) groups is 1. The molecule has 86 valence electrons. The van der Waals surface area contributed by atoms with Crippen LogP contribution in [-0.4, -0.2) is 20.9 Å². The molecule has 0 radical (unpaired) electrons. The molecule has 1 heterocycles. The van der Waals surface area contributed by atoms with Crippen molar-refractivity contribution < 1.29 is 9.90 Å². The number of carboxylic acids is 1. The van der Waals surface area contributed by atoms with Crippen LogP contribution in [0.4, 0.5) is 0 Å². The van der Waals surface area contributed by atoms with Crippen LogP contribution in [0.15, 0.2) is 42.7 Å². The van der Waals surface area contributed by atoms with Crippen LogP contribution >= 0.6 is 11.6 Å². The lowest BCUT2D eigenvalue weighted by Gasteiger charge is -2.04. The standard InChI is InChI=1S/C12H9ClN2O2/c13-11-8-10(15-7-1-6-14-15)4-2-9(11)3-5-12(16)17/h1-8H,(H,16,17)/b5-3+. The molecule has 0 aliphatic rings. The SMILES string of the molecule is O=C(O)/C=C/c1ccc(-n2cccn2)cc1Cl. The van der Waals surface area contributed by atoms with Gasteiger partial charge in [0.1, 0.15) is 0 Å². The van der Waals surface area contributed by atoms with Crippen LogP contribution in [0.2, 0.25) is 5.02 Å². The van der Waals surface area contributed by atoms with E-state index in [4.69, 9.17) is 16.7 Å². The second kappa shape index (κ2) is 4.84. The first kappa shape index (κ1) is 11.4. The third-order valence-corrected chi connectivity index (χ3v) is 2.49. The number of nitrogens with zero attached hydrogens (tertiary/aromatic N) is 2. The fraction of sp³-hybridized carbons (Fsp3) is 0. The monoisotopic (exact) mass is 248 g/mol. The third-order valence-electron chi connectivity index (χ3n) is 2.16. The largest absolute Gasteiger partial charge is 0.478 e. The lowest BCUT2D eigenvalue weighted by molar-refractivity contribution is -0.131. The average Bonchev–Trinajstić information content (AvgIpc) is 2.80. The van der Waals surface area contributed by atoms with Crippen molar-refractivity contribution in [3.05, 3.63) is 53.3 Å². The zero-order valence-corrected chi connectivity index (χ0v) is 9.50. The van der Waals surface area contributed by atoms with Crippen LogP contribution in [0.1, 0.15) is 5.56 Å². The van der Waals surface area contributed by atoms with E-state index in [1.165, 1.54) is 6.08 Å². The van der Waals surface area contributed by atoms with Gasteiger partial charge in [-0.15, -0.1) is 0 Å². The second-order valence-electron chi connectivity index (χ2n) is 3.33. The number of benzene rings is 1. The maximum absolute atomic E-state index is 10.4. The van der Waals surface area contributed by atoms with Gasteiger partial charge in [0.05, 0.1) is 5.69 Å². The smallest absolute Gasteiger partial charge is 0.328 e. The quantitative estimate of drug-likeness (QED) is 0.850. The van der Waals surface area contributed by atoms with Gasteiger partial charge in [-0.25, -0.2) is 9.48 Å². The van der Waals surface area contributed by atoms with Crippen LogP contribution in [0.3, 0.4) is 0 Å². The van der Waals surface area contributed by atoms with Crippen molar-refractivity contribution in [2.24, 2.45) is 0 Å². The molecule has 0 atom stereocenters. The highest BCUT2D eigenvalue weighted by Gasteiger charge is 2.01. The van der Waals surface area contributed by atoms with Crippen LogP contribution in [0, 0.1) is 0 Å². The number of carboxylic acid groups (broad SMARTS) is 1. The molecule has 0 aliphatic carbocycles. The van der Waals surface area contributed by atoms with E-state index in [0.717, 1.165) is 11.8 Å². The Bertz CT molecular complexity index is 562. The molecule has 0 fully saturated rings. The maximum Gasteiger partial charge on any atom is 0.328 e. The Morgan fingerprint density at radius 2 is 2.29 bits per heavy atom. The molecular weight excluding hydrogens is 240 g/mol. The summed E-state index contributed by atoms with van der Waals surface area (Å²) in [6, 6.07) is 7.11. The Balaban J connectivity index is 2.32. The summed E-state index contributed by atoms with van der Waals surface area (Å²) in [5.41, 5.74) is 1.48. The van der Waals surface area contributed by atoms with Gasteiger partial charge in [-0.1, -0.05) is 17.7 Å². The van der Waals surface area contributed by atoms with Crippen LogP contribution < -0.4 is 0 Å². The molecule has 0 saturated heterocycles. The Labute approximate surface area is 103 Å². The van der Waals surface area contributed by atoms with E-state index in [9.17, 15) is 4.79 Å². The summed E-state index contributed by atoms with van der Waals surface area (Å²) < 4.78 is 1.68. The average molecular weight is 249 g/mol. The molecule has 2 rings (SSSR count). The van der Waals surface area contributed by atoms with Crippen molar-refractivity contribution in [1.82, 2.24) is 9.78 Å². The van der Waals surface area contributed by atoms with E-state index in [-0.39, 0.29) is 0 Å². The molecule has 0 aliphatic heterocycles. The van der Waals surface area contributed by atoms with Gasteiger partial charge in [0.15, 0.2) is 0 Å². The highest BCUT2D eigenvalue weighted by atomic mass is 35.5. The van der Waals surface area contributed by atoms with Gasteiger partial charge in [0.25, 0.3) is 0 Å². The van der Waals surface area contributed by atoms with Crippen molar-refractivity contribution in [3.8, 4) is 5.69 Å². The van der Waals surface area contributed by atoms with Crippen molar-refractivity contribution in [3.63, 3.8) is 0 Å². The van der Waals surface area contributed by atoms with Gasteiger partial charge >= 0.3 is 5.97 Å². The van der Waals surface area contributed by atoms with Crippen molar-refractivity contribution in [2.45, 2.75) is 0 Å². The summed E-state index contributed by atoms with van der Waals surface area (Å²) in [5.74, 6) is -1.00. The van der Waals surface area contributed by atoms with E-state index >= 15 is 0 Å². The first-order valence-corrected chi connectivity index (χ1v) is 5.25. The fourth-order valence-corrected chi connectivity index (χ4v) is 1.61. The normalized spacial score (nSPS) is 10.9. The molecule has 0 bridgehead atoms. The van der Waals surface area contributed by atoms with Crippen LogP contribution in [-0.2, 0) is 4.79 Å². The molecule has 4 nitrogen and oxygen atoms in total. The molecule has 0 spiro atoms.